The highest BCUT2D eigenvalue weighted by atomic mass is 32.2. The van der Waals surface area contributed by atoms with E-state index in [4.69, 9.17) is 5.84 Å². The van der Waals surface area contributed by atoms with E-state index in [1.54, 1.807) is 0 Å². The molecule has 1 saturated heterocycles. The van der Waals surface area contributed by atoms with E-state index in [0.717, 1.165) is 5.25 Å². The summed E-state index contributed by atoms with van der Waals surface area (Å²) in [6.45, 7) is 6.75. The van der Waals surface area contributed by atoms with E-state index >= 15 is 0 Å². The fourth-order valence-electron chi connectivity index (χ4n) is 2.17. The zero-order valence-electron chi connectivity index (χ0n) is 11.2. The van der Waals surface area contributed by atoms with Gasteiger partial charge in [-0.3, -0.25) is 11.3 Å². The molecule has 2 nitrogen and oxygen atoms in total. The molecule has 3 N–H and O–H groups in total. The van der Waals surface area contributed by atoms with Crippen molar-refractivity contribution in [2.45, 2.75) is 42.6 Å². The zero-order valence-corrected chi connectivity index (χ0v) is 12.9. The lowest BCUT2D eigenvalue weighted by Gasteiger charge is -2.35. The van der Waals surface area contributed by atoms with Crippen molar-refractivity contribution >= 4 is 23.5 Å². The van der Waals surface area contributed by atoms with Crippen LogP contribution in [0.3, 0.4) is 0 Å². The van der Waals surface area contributed by atoms with Crippen LogP contribution in [0, 0.1) is 6.92 Å². The van der Waals surface area contributed by atoms with E-state index in [1.807, 2.05) is 0 Å². The molecule has 4 heteroatoms. The van der Waals surface area contributed by atoms with Crippen molar-refractivity contribution in [1.82, 2.24) is 5.43 Å². The Balaban J connectivity index is 2.11. The van der Waals surface area contributed by atoms with Gasteiger partial charge < -0.3 is 0 Å². The van der Waals surface area contributed by atoms with Gasteiger partial charge in [0.05, 0.1) is 6.04 Å². The van der Waals surface area contributed by atoms with E-state index in [0.29, 0.717) is 10.5 Å². The first-order valence-electron chi connectivity index (χ1n) is 6.41. The first-order valence-corrected chi connectivity index (χ1v) is 8.40. The average Bonchev–Trinajstić information content (AvgIpc) is 2.37. The number of nitrogens with two attached hydrogens (primary N) is 1. The molecule has 0 radical (unpaired) electrons. The van der Waals surface area contributed by atoms with Crippen molar-refractivity contribution < 1.29 is 0 Å². The van der Waals surface area contributed by atoms with Crippen LogP contribution in [0.5, 0.6) is 0 Å². The molecule has 18 heavy (non-hydrogen) atoms. The summed E-state index contributed by atoms with van der Waals surface area (Å²) in [7, 11) is 0. The molecule has 4 unspecified atom stereocenters. The summed E-state index contributed by atoms with van der Waals surface area (Å²) in [5.74, 6) is 6.95. The Morgan fingerprint density at radius 1 is 1.22 bits per heavy atom. The SMILES string of the molecule is Cc1ccc(C(NN)C2CSC(C)C(C)S2)cc1. The minimum absolute atomic E-state index is 0.248. The summed E-state index contributed by atoms with van der Waals surface area (Å²) in [6.07, 6.45) is 0. The lowest BCUT2D eigenvalue weighted by molar-refractivity contribution is 0.549. The van der Waals surface area contributed by atoms with E-state index in [2.05, 4.69) is 74.0 Å². The summed E-state index contributed by atoms with van der Waals surface area (Å²) < 4.78 is 0. The van der Waals surface area contributed by atoms with Gasteiger partial charge in [-0.25, -0.2) is 0 Å². The van der Waals surface area contributed by atoms with Crippen molar-refractivity contribution in [2.75, 3.05) is 5.75 Å². The number of hydrazine groups is 1. The molecule has 1 aliphatic heterocycles. The van der Waals surface area contributed by atoms with Crippen molar-refractivity contribution in [3.05, 3.63) is 35.4 Å². The number of aryl methyl sites for hydroxylation is 1. The Kier molecular flexibility index (Phi) is 5.01. The smallest absolute Gasteiger partial charge is 0.0586 e. The van der Waals surface area contributed by atoms with Crippen molar-refractivity contribution in [3.8, 4) is 0 Å². The van der Waals surface area contributed by atoms with Gasteiger partial charge in [0.15, 0.2) is 0 Å². The van der Waals surface area contributed by atoms with Gasteiger partial charge in [0, 0.05) is 21.5 Å². The molecule has 0 aliphatic carbocycles. The van der Waals surface area contributed by atoms with Gasteiger partial charge in [-0.05, 0) is 12.5 Å². The highest BCUT2D eigenvalue weighted by Crippen LogP contribution is 2.40. The van der Waals surface area contributed by atoms with Crippen LogP contribution in [0.25, 0.3) is 0 Å². The maximum atomic E-state index is 5.78. The highest BCUT2D eigenvalue weighted by Gasteiger charge is 2.31. The van der Waals surface area contributed by atoms with Gasteiger partial charge in [0.25, 0.3) is 0 Å². The third-order valence-electron chi connectivity index (χ3n) is 3.56. The third-order valence-corrected chi connectivity index (χ3v) is 7.06. The Bertz CT molecular complexity index is 380. The first-order chi connectivity index (χ1) is 8.61. The molecule has 0 saturated carbocycles. The lowest BCUT2D eigenvalue weighted by atomic mass is 10.0. The van der Waals surface area contributed by atoms with Crippen LogP contribution in [-0.4, -0.2) is 21.5 Å². The molecule has 1 heterocycles. The molecule has 1 aromatic carbocycles. The predicted molar refractivity (Wildman–Crippen MR) is 84.0 cm³/mol. The Morgan fingerprint density at radius 3 is 2.44 bits per heavy atom. The lowest BCUT2D eigenvalue weighted by Crippen LogP contribution is -2.40. The van der Waals surface area contributed by atoms with E-state index < -0.39 is 0 Å². The summed E-state index contributed by atoms with van der Waals surface area (Å²) in [6, 6.07) is 8.94. The van der Waals surface area contributed by atoms with Gasteiger partial charge in [-0.15, -0.1) is 0 Å². The van der Waals surface area contributed by atoms with Crippen molar-refractivity contribution in [2.24, 2.45) is 5.84 Å². The summed E-state index contributed by atoms with van der Waals surface area (Å²) >= 11 is 4.12. The quantitative estimate of drug-likeness (QED) is 0.660. The van der Waals surface area contributed by atoms with Gasteiger partial charge in [0.2, 0.25) is 0 Å². The Hall–Kier alpha value is -0.160. The molecular weight excluding hydrogens is 260 g/mol. The zero-order chi connectivity index (χ0) is 13.1. The Labute approximate surface area is 118 Å². The van der Waals surface area contributed by atoms with Gasteiger partial charge >= 0.3 is 0 Å². The number of rotatable bonds is 3. The molecule has 1 fully saturated rings. The van der Waals surface area contributed by atoms with Gasteiger partial charge in [0.1, 0.15) is 0 Å². The largest absolute Gasteiger partial charge is 0.271 e. The number of thioether (sulfide) groups is 2. The van der Waals surface area contributed by atoms with E-state index in [9.17, 15) is 0 Å². The second-order valence-electron chi connectivity index (χ2n) is 4.97. The molecule has 2 rings (SSSR count). The van der Waals surface area contributed by atoms with Crippen LogP contribution in [0.4, 0.5) is 0 Å². The number of benzene rings is 1. The molecule has 1 aromatic rings. The Morgan fingerprint density at radius 2 is 1.89 bits per heavy atom. The minimum Gasteiger partial charge on any atom is -0.271 e. The van der Waals surface area contributed by atoms with Gasteiger partial charge in [-0.2, -0.15) is 23.5 Å². The molecule has 0 amide bonds. The molecule has 0 spiro atoms. The maximum Gasteiger partial charge on any atom is 0.0586 e. The summed E-state index contributed by atoms with van der Waals surface area (Å²) in [5.41, 5.74) is 5.60. The minimum atomic E-state index is 0.248. The molecule has 0 aromatic heterocycles. The fourth-order valence-corrected chi connectivity index (χ4v) is 5.27. The van der Waals surface area contributed by atoms with Crippen LogP contribution >= 0.6 is 23.5 Å². The van der Waals surface area contributed by atoms with Gasteiger partial charge in [-0.1, -0.05) is 43.7 Å². The molecule has 0 bridgehead atoms. The number of nitrogens with one attached hydrogen (secondary N) is 1. The van der Waals surface area contributed by atoms with Crippen LogP contribution in [0.1, 0.15) is 31.0 Å². The van der Waals surface area contributed by atoms with Crippen LogP contribution in [-0.2, 0) is 0 Å². The van der Waals surface area contributed by atoms with Crippen molar-refractivity contribution in [3.63, 3.8) is 0 Å². The van der Waals surface area contributed by atoms with Crippen LogP contribution in [0.2, 0.25) is 0 Å². The monoisotopic (exact) mass is 282 g/mol. The molecule has 4 atom stereocenters. The van der Waals surface area contributed by atoms with Crippen molar-refractivity contribution in [1.29, 1.82) is 0 Å². The molecule has 100 valence electrons. The normalized spacial score (nSPS) is 30.1. The number of hydrogen-bond donors (Lipinski definition) is 2. The number of hydrogen-bond acceptors (Lipinski definition) is 4. The van der Waals surface area contributed by atoms with E-state index in [-0.39, 0.29) is 6.04 Å². The summed E-state index contributed by atoms with van der Waals surface area (Å²) in [5, 5.41) is 1.98. The molecular formula is C14H22N2S2. The topological polar surface area (TPSA) is 38.0 Å². The first kappa shape index (κ1) is 14.3. The third kappa shape index (κ3) is 3.23. The predicted octanol–water partition coefficient (Wildman–Crippen LogP) is 3.13. The van der Waals surface area contributed by atoms with Crippen LogP contribution in [0.15, 0.2) is 24.3 Å². The standard InChI is InChI=1S/C14H22N2S2/c1-9-4-6-12(7-5-9)14(16-15)13-8-17-10(2)11(3)18-13/h4-7,10-11,13-14,16H,8,15H2,1-3H3. The highest BCUT2D eigenvalue weighted by molar-refractivity contribution is 8.07. The second-order valence-corrected chi connectivity index (χ2v) is 8.00. The van der Waals surface area contributed by atoms with Crippen LogP contribution < -0.4 is 11.3 Å². The fraction of sp³-hybridized carbons (Fsp3) is 0.571. The van der Waals surface area contributed by atoms with E-state index in [1.165, 1.54) is 16.9 Å². The average molecular weight is 282 g/mol. The molecule has 1 aliphatic rings. The summed E-state index contributed by atoms with van der Waals surface area (Å²) in [4.78, 5) is 0. The second kappa shape index (κ2) is 6.33. The maximum absolute atomic E-state index is 5.78.